The molecule has 0 radical (unpaired) electrons. The highest BCUT2D eigenvalue weighted by Gasteiger charge is 2.26. The Morgan fingerprint density at radius 2 is 2.04 bits per heavy atom. The number of fused-ring (bicyclic) bond motifs is 1. The monoisotopic (exact) mass is 340 g/mol. The van der Waals surface area contributed by atoms with Crippen LogP contribution in [-0.2, 0) is 4.79 Å². The fraction of sp³-hybridized carbons (Fsp3) is 0.588. The number of ether oxygens (including phenoxy) is 2. The highest BCUT2D eigenvalue weighted by atomic mass is 35.5. The van der Waals surface area contributed by atoms with Gasteiger partial charge in [0, 0.05) is 12.0 Å². The molecule has 3 rings (SSSR count). The lowest BCUT2D eigenvalue weighted by Crippen LogP contribution is -2.42. The predicted molar refractivity (Wildman–Crippen MR) is 91.4 cm³/mol. The third-order valence-electron chi connectivity index (χ3n) is 4.42. The van der Waals surface area contributed by atoms with Gasteiger partial charge in [-0.05, 0) is 50.9 Å². The molecule has 0 spiro atoms. The summed E-state index contributed by atoms with van der Waals surface area (Å²) < 4.78 is 11.1. The van der Waals surface area contributed by atoms with E-state index in [4.69, 9.17) is 9.47 Å². The van der Waals surface area contributed by atoms with Crippen molar-refractivity contribution in [3.05, 3.63) is 23.8 Å². The summed E-state index contributed by atoms with van der Waals surface area (Å²) in [5, 5.41) is 6.51. The number of benzene rings is 1. The van der Waals surface area contributed by atoms with Crippen LogP contribution < -0.4 is 20.1 Å². The Balaban J connectivity index is 0.00000192. The predicted octanol–water partition coefficient (Wildman–Crippen LogP) is 2.44. The van der Waals surface area contributed by atoms with E-state index in [0.29, 0.717) is 19.3 Å². The molecule has 2 aliphatic heterocycles. The van der Waals surface area contributed by atoms with Gasteiger partial charge in [0.2, 0.25) is 5.91 Å². The van der Waals surface area contributed by atoms with Crippen molar-refractivity contribution >= 4 is 18.3 Å². The van der Waals surface area contributed by atoms with Crippen LogP contribution in [0.15, 0.2) is 18.2 Å². The highest BCUT2D eigenvalue weighted by molar-refractivity contribution is 5.85. The van der Waals surface area contributed by atoms with E-state index in [-0.39, 0.29) is 30.3 Å². The van der Waals surface area contributed by atoms with E-state index in [9.17, 15) is 4.79 Å². The Kier molecular flexibility index (Phi) is 6.13. The molecular formula is C17H25ClN2O3. The van der Waals surface area contributed by atoms with Crippen LogP contribution in [-0.4, -0.2) is 31.7 Å². The number of rotatable bonds is 3. The molecular weight excluding hydrogens is 316 g/mol. The zero-order chi connectivity index (χ0) is 15.5. The average molecular weight is 341 g/mol. The van der Waals surface area contributed by atoms with Crippen LogP contribution in [0.3, 0.4) is 0 Å². The number of carbonyl (C=O) groups excluding carboxylic acids is 1. The smallest absolute Gasteiger partial charge is 0.223 e. The molecule has 0 aromatic heterocycles. The molecule has 1 unspecified atom stereocenters. The Morgan fingerprint density at radius 3 is 2.78 bits per heavy atom. The minimum Gasteiger partial charge on any atom is -0.486 e. The molecule has 2 heterocycles. The van der Waals surface area contributed by atoms with Gasteiger partial charge in [-0.1, -0.05) is 6.07 Å². The zero-order valence-electron chi connectivity index (χ0n) is 13.6. The second kappa shape index (κ2) is 7.88. The lowest BCUT2D eigenvalue weighted by Gasteiger charge is -2.28. The maximum atomic E-state index is 12.4. The summed E-state index contributed by atoms with van der Waals surface area (Å²) in [6, 6.07) is 6.25. The highest BCUT2D eigenvalue weighted by Crippen LogP contribution is 2.32. The molecule has 1 amide bonds. The standard InChI is InChI=1S/C17H24N2O3.ClH/c1-11-9-14(5-6-18-11)17(20)19-12(2)13-3-4-15-16(10-13)22-8-7-21-15;/h3-4,10-12,14,18H,5-9H2,1-2H3,(H,19,20);1H/t11-,12?,14-;/m0./s1. The van der Waals surface area contributed by atoms with Gasteiger partial charge in [0.15, 0.2) is 11.5 Å². The Hall–Kier alpha value is -1.46. The molecule has 1 aromatic rings. The van der Waals surface area contributed by atoms with Crippen LogP contribution in [0, 0.1) is 5.92 Å². The summed E-state index contributed by atoms with van der Waals surface area (Å²) in [5.41, 5.74) is 1.04. The molecule has 23 heavy (non-hydrogen) atoms. The van der Waals surface area contributed by atoms with Crippen LogP contribution in [0.2, 0.25) is 0 Å². The maximum Gasteiger partial charge on any atom is 0.223 e. The lowest BCUT2D eigenvalue weighted by atomic mass is 9.92. The zero-order valence-corrected chi connectivity index (χ0v) is 14.4. The van der Waals surface area contributed by atoms with Gasteiger partial charge in [0.1, 0.15) is 13.2 Å². The van der Waals surface area contributed by atoms with E-state index in [1.807, 2.05) is 25.1 Å². The Bertz CT molecular complexity index is 553. The molecule has 1 saturated heterocycles. The van der Waals surface area contributed by atoms with Crippen molar-refractivity contribution < 1.29 is 14.3 Å². The topological polar surface area (TPSA) is 59.6 Å². The van der Waals surface area contributed by atoms with Gasteiger partial charge in [0.25, 0.3) is 0 Å². The van der Waals surface area contributed by atoms with E-state index in [0.717, 1.165) is 36.4 Å². The lowest BCUT2D eigenvalue weighted by molar-refractivity contribution is -0.126. The fourth-order valence-electron chi connectivity index (χ4n) is 3.11. The quantitative estimate of drug-likeness (QED) is 0.887. The van der Waals surface area contributed by atoms with E-state index in [2.05, 4.69) is 17.6 Å². The minimum atomic E-state index is -0.0338. The molecule has 0 saturated carbocycles. The molecule has 5 nitrogen and oxygen atoms in total. The summed E-state index contributed by atoms with van der Waals surface area (Å²) in [7, 11) is 0. The van der Waals surface area contributed by atoms with E-state index in [1.54, 1.807) is 0 Å². The first-order chi connectivity index (χ1) is 10.6. The number of hydrogen-bond donors (Lipinski definition) is 2. The maximum absolute atomic E-state index is 12.4. The number of halogens is 1. The Morgan fingerprint density at radius 1 is 1.30 bits per heavy atom. The normalized spacial score (nSPS) is 24.3. The van der Waals surface area contributed by atoms with Crippen molar-refractivity contribution in [3.63, 3.8) is 0 Å². The van der Waals surface area contributed by atoms with Gasteiger partial charge in [-0.3, -0.25) is 4.79 Å². The van der Waals surface area contributed by atoms with Gasteiger partial charge in [-0.2, -0.15) is 0 Å². The summed E-state index contributed by atoms with van der Waals surface area (Å²) in [4.78, 5) is 12.4. The van der Waals surface area contributed by atoms with Gasteiger partial charge >= 0.3 is 0 Å². The fourth-order valence-corrected chi connectivity index (χ4v) is 3.11. The molecule has 128 valence electrons. The number of carbonyl (C=O) groups is 1. The molecule has 6 heteroatoms. The second-order valence-corrected chi connectivity index (χ2v) is 6.21. The SMILES string of the molecule is CC(NC(=O)[C@H]1CCN[C@@H](C)C1)c1ccc2c(c1)OCCO2.Cl. The van der Waals surface area contributed by atoms with Crippen molar-refractivity contribution in [1.29, 1.82) is 0 Å². The van der Waals surface area contributed by atoms with Gasteiger partial charge < -0.3 is 20.1 Å². The van der Waals surface area contributed by atoms with Gasteiger partial charge in [-0.25, -0.2) is 0 Å². The first-order valence-electron chi connectivity index (χ1n) is 8.07. The van der Waals surface area contributed by atoms with Crippen molar-refractivity contribution in [2.45, 2.75) is 38.8 Å². The van der Waals surface area contributed by atoms with E-state index < -0.39 is 0 Å². The third-order valence-corrected chi connectivity index (χ3v) is 4.42. The summed E-state index contributed by atoms with van der Waals surface area (Å²) in [5.74, 6) is 1.80. The summed E-state index contributed by atoms with van der Waals surface area (Å²) in [6.07, 6.45) is 1.81. The number of amides is 1. The molecule has 2 N–H and O–H groups in total. The number of hydrogen-bond acceptors (Lipinski definition) is 4. The second-order valence-electron chi connectivity index (χ2n) is 6.21. The van der Waals surface area contributed by atoms with Crippen molar-refractivity contribution in [2.75, 3.05) is 19.8 Å². The van der Waals surface area contributed by atoms with Crippen LogP contribution >= 0.6 is 12.4 Å². The first-order valence-corrected chi connectivity index (χ1v) is 8.07. The van der Waals surface area contributed by atoms with E-state index >= 15 is 0 Å². The molecule has 0 bridgehead atoms. The van der Waals surface area contributed by atoms with Crippen LogP contribution in [0.1, 0.15) is 38.3 Å². The Labute approximate surface area is 143 Å². The molecule has 1 fully saturated rings. The van der Waals surface area contributed by atoms with Gasteiger partial charge in [-0.15, -0.1) is 12.4 Å². The van der Waals surface area contributed by atoms with Gasteiger partial charge in [0.05, 0.1) is 6.04 Å². The molecule has 3 atom stereocenters. The van der Waals surface area contributed by atoms with Crippen LogP contribution in [0.25, 0.3) is 0 Å². The molecule has 2 aliphatic rings. The van der Waals surface area contributed by atoms with Crippen LogP contribution in [0.4, 0.5) is 0 Å². The number of nitrogens with one attached hydrogen (secondary N) is 2. The summed E-state index contributed by atoms with van der Waals surface area (Å²) in [6.45, 7) is 6.21. The first kappa shape index (κ1) is 17.9. The van der Waals surface area contributed by atoms with Crippen molar-refractivity contribution in [1.82, 2.24) is 10.6 Å². The molecule has 0 aliphatic carbocycles. The van der Waals surface area contributed by atoms with Crippen LogP contribution in [0.5, 0.6) is 11.5 Å². The third kappa shape index (κ3) is 4.30. The van der Waals surface area contributed by atoms with Crippen molar-refractivity contribution in [2.24, 2.45) is 5.92 Å². The van der Waals surface area contributed by atoms with E-state index in [1.165, 1.54) is 0 Å². The van der Waals surface area contributed by atoms with Crippen molar-refractivity contribution in [3.8, 4) is 11.5 Å². The average Bonchev–Trinajstić information content (AvgIpc) is 2.54. The molecule has 1 aromatic carbocycles. The summed E-state index contributed by atoms with van der Waals surface area (Å²) >= 11 is 0. The number of piperidine rings is 1. The minimum absolute atomic E-state index is 0. The largest absolute Gasteiger partial charge is 0.486 e.